The number of hydrogen-bond donors (Lipinski definition) is 0. The topological polar surface area (TPSA) is 43.4 Å². The number of rotatable bonds is 3. The quantitative estimate of drug-likeness (QED) is 0.479. The zero-order chi connectivity index (χ0) is 13.7. The van der Waals surface area contributed by atoms with Gasteiger partial charge >= 0.3 is 11.9 Å². The van der Waals surface area contributed by atoms with Crippen LogP contribution in [0.2, 0.25) is 0 Å². The smallest absolute Gasteiger partial charge is 0.346 e. The number of benzene rings is 2. The van der Waals surface area contributed by atoms with E-state index in [0.29, 0.717) is 11.1 Å². The van der Waals surface area contributed by atoms with Crippen LogP contribution in [0.1, 0.15) is 15.9 Å². The van der Waals surface area contributed by atoms with Gasteiger partial charge < -0.3 is 4.74 Å². The molecule has 0 heterocycles. The monoisotopic (exact) mass is 252 g/mol. The Bertz CT molecular complexity index is 600. The summed E-state index contributed by atoms with van der Waals surface area (Å²) in [5.74, 6) is -1.41. The first-order valence-electron chi connectivity index (χ1n) is 5.74. The van der Waals surface area contributed by atoms with Crippen LogP contribution in [0.25, 0.3) is 5.57 Å². The van der Waals surface area contributed by atoms with Gasteiger partial charge in [-0.2, -0.15) is 0 Å². The summed E-state index contributed by atoms with van der Waals surface area (Å²) in [5.41, 5.74) is 1.12. The van der Waals surface area contributed by atoms with E-state index in [0.717, 1.165) is 0 Å². The summed E-state index contributed by atoms with van der Waals surface area (Å²) in [6.45, 7) is 3.64. The normalized spacial score (nSPS) is 9.68. The van der Waals surface area contributed by atoms with E-state index < -0.39 is 11.9 Å². The van der Waals surface area contributed by atoms with Crippen LogP contribution in [0.4, 0.5) is 0 Å². The third kappa shape index (κ3) is 3.16. The third-order valence-corrected chi connectivity index (χ3v) is 2.56. The molecule has 0 aliphatic rings. The van der Waals surface area contributed by atoms with E-state index in [4.69, 9.17) is 4.74 Å². The molecule has 0 N–H and O–H groups in total. The second-order valence-electron chi connectivity index (χ2n) is 3.89. The van der Waals surface area contributed by atoms with E-state index in [1.54, 1.807) is 54.6 Å². The number of carbonyl (C=O) groups excluding carboxylic acids is 2. The fourth-order valence-corrected chi connectivity index (χ4v) is 1.54. The fraction of sp³-hybridized carbons (Fsp3) is 0. The van der Waals surface area contributed by atoms with Gasteiger partial charge in [-0.15, -0.1) is 0 Å². The maximum absolute atomic E-state index is 11.8. The first-order chi connectivity index (χ1) is 9.18. The minimum atomic E-state index is -0.736. The standard InChI is InChI=1S/C16H12O3/c1-12(13-8-4-2-5-9-13)15(17)19-16(18)14-10-6-3-7-11-14/h2-11H,1H2. The maximum atomic E-state index is 11.8. The van der Waals surface area contributed by atoms with Crippen LogP contribution in [0, 0.1) is 0 Å². The van der Waals surface area contributed by atoms with E-state index in [1.807, 2.05) is 6.07 Å². The van der Waals surface area contributed by atoms with Crippen molar-refractivity contribution in [2.24, 2.45) is 0 Å². The lowest BCUT2D eigenvalue weighted by molar-refractivity contribution is -0.131. The van der Waals surface area contributed by atoms with Gasteiger partial charge in [0.25, 0.3) is 0 Å². The Morgan fingerprint density at radius 3 is 1.79 bits per heavy atom. The van der Waals surface area contributed by atoms with Crippen LogP contribution in [-0.4, -0.2) is 11.9 Å². The maximum Gasteiger partial charge on any atom is 0.346 e. The summed E-state index contributed by atoms with van der Waals surface area (Å²) < 4.78 is 4.78. The van der Waals surface area contributed by atoms with Crippen molar-refractivity contribution >= 4 is 17.5 Å². The second kappa shape index (κ2) is 5.78. The SMILES string of the molecule is C=C(C(=O)OC(=O)c1ccccc1)c1ccccc1. The number of esters is 2. The van der Waals surface area contributed by atoms with Crippen LogP contribution in [0.3, 0.4) is 0 Å². The molecule has 2 rings (SSSR count). The van der Waals surface area contributed by atoms with Crippen molar-refractivity contribution in [3.8, 4) is 0 Å². The summed E-state index contributed by atoms with van der Waals surface area (Å²) >= 11 is 0. The number of ether oxygens (including phenoxy) is 1. The largest absolute Gasteiger partial charge is 0.386 e. The van der Waals surface area contributed by atoms with Gasteiger partial charge in [0, 0.05) is 0 Å². The molecule has 19 heavy (non-hydrogen) atoms. The molecule has 0 aliphatic carbocycles. The second-order valence-corrected chi connectivity index (χ2v) is 3.89. The molecule has 0 spiro atoms. The van der Waals surface area contributed by atoms with E-state index in [9.17, 15) is 9.59 Å². The van der Waals surface area contributed by atoms with Crippen LogP contribution in [0.5, 0.6) is 0 Å². The molecule has 0 radical (unpaired) electrons. The highest BCUT2D eigenvalue weighted by Gasteiger charge is 2.16. The van der Waals surface area contributed by atoms with Gasteiger partial charge in [-0.05, 0) is 17.7 Å². The molecule has 2 aromatic carbocycles. The van der Waals surface area contributed by atoms with Gasteiger partial charge in [0.1, 0.15) is 0 Å². The Morgan fingerprint density at radius 1 is 0.789 bits per heavy atom. The molecule has 0 amide bonds. The summed E-state index contributed by atoms with van der Waals surface area (Å²) in [6, 6.07) is 17.2. The zero-order valence-corrected chi connectivity index (χ0v) is 10.2. The highest BCUT2D eigenvalue weighted by molar-refractivity contribution is 6.19. The average molecular weight is 252 g/mol. The first kappa shape index (κ1) is 12.8. The van der Waals surface area contributed by atoms with Crippen LogP contribution < -0.4 is 0 Å². The molecular weight excluding hydrogens is 240 g/mol. The molecule has 0 unspecified atom stereocenters. The molecule has 2 aromatic rings. The molecule has 0 saturated carbocycles. The van der Waals surface area contributed by atoms with Crippen molar-refractivity contribution in [1.82, 2.24) is 0 Å². The number of hydrogen-bond acceptors (Lipinski definition) is 3. The molecule has 0 atom stereocenters. The van der Waals surface area contributed by atoms with E-state index >= 15 is 0 Å². The molecular formula is C16H12O3. The van der Waals surface area contributed by atoms with E-state index in [2.05, 4.69) is 6.58 Å². The van der Waals surface area contributed by atoms with Gasteiger partial charge in [0.2, 0.25) is 0 Å². The van der Waals surface area contributed by atoms with Gasteiger partial charge in [0.15, 0.2) is 0 Å². The summed E-state index contributed by atoms with van der Waals surface area (Å²) in [4.78, 5) is 23.5. The Balaban J connectivity index is 2.06. The molecule has 0 aromatic heterocycles. The minimum absolute atomic E-state index is 0.157. The molecule has 0 fully saturated rings. The predicted octanol–water partition coefficient (Wildman–Crippen LogP) is 3.08. The van der Waals surface area contributed by atoms with E-state index in [1.165, 1.54) is 0 Å². The van der Waals surface area contributed by atoms with Crippen molar-refractivity contribution in [2.45, 2.75) is 0 Å². The lowest BCUT2D eigenvalue weighted by atomic mass is 10.1. The summed E-state index contributed by atoms with van der Waals surface area (Å²) in [5, 5.41) is 0. The van der Waals surface area contributed by atoms with Gasteiger partial charge in [-0.25, -0.2) is 9.59 Å². The zero-order valence-electron chi connectivity index (χ0n) is 10.2. The first-order valence-corrected chi connectivity index (χ1v) is 5.74. The van der Waals surface area contributed by atoms with Crippen molar-refractivity contribution < 1.29 is 14.3 Å². The van der Waals surface area contributed by atoms with Crippen LogP contribution in [-0.2, 0) is 9.53 Å². The highest BCUT2D eigenvalue weighted by Crippen LogP contribution is 2.14. The molecule has 0 aliphatic heterocycles. The fourth-order valence-electron chi connectivity index (χ4n) is 1.54. The van der Waals surface area contributed by atoms with Crippen molar-refractivity contribution in [3.63, 3.8) is 0 Å². The minimum Gasteiger partial charge on any atom is -0.386 e. The molecule has 3 nitrogen and oxygen atoms in total. The predicted molar refractivity (Wildman–Crippen MR) is 72.3 cm³/mol. The lowest BCUT2D eigenvalue weighted by Gasteiger charge is -2.05. The lowest BCUT2D eigenvalue weighted by Crippen LogP contribution is -2.13. The Labute approximate surface area is 111 Å². The van der Waals surface area contributed by atoms with Crippen molar-refractivity contribution in [1.29, 1.82) is 0 Å². The summed E-state index contributed by atoms with van der Waals surface area (Å²) in [7, 11) is 0. The van der Waals surface area contributed by atoms with Crippen molar-refractivity contribution in [2.75, 3.05) is 0 Å². The van der Waals surface area contributed by atoms with E-state index in [-0.39, 0.29) is 5.57 Å². The van der Waals surface area contributed by atoms with Crippen LogP contribution >= 0.6 is 0 Å². The molecule has 3 heteroatoms. The van der Waals surface area contributed by atoms with Crippen molar-refractivity contribution in [3.05, 3.63) is 78.4 Å². The molecule has 94 valence electrons. The van der Waals surface area contributed by atoms with Crippen LogP contribution in [0.15, 0.2) is 67.2 Å². The molecule has 0 saturated heterocycles. The van der Waals surface area contributed by atoms with Gasteiger partial charge in [0.05, 0.1) is 11.1 Å². The Kier molecular flexibility index (Phi) is 3.88. The Hall–Kier alpha value is -2.68. The molecule has 0 bridgehead atoms. The third-order valence-electron chi connectivity index (χ3n) is 2.56. The Morgan fingerprint density at radius 2 is 1.26 bits per heavy atom. The summed E-state index contributed by atoms with van der Waals surface area (Å²) in [6.07, 6.45) is 0. The average Bonchev–Trinajstić information content (AvgIpc) is 2.48. The van der Waals surface area contributed by atoms with Gasteiger partial charge in [-0.3, -0.25) is 0 Å². The highest BCUT2D eigenvalue weighted by atomic mass is 16.6. The number of carbonyl (C=O) groups is 2. The van der Waals surface area contributed by atoms with Gasteiger partial charge in [-0.1, -0.05) is 55.1 Å².